The van der Waals surface area contributed by atoms with Crippen molar-refractivity contribution < 1.29 is 0 Å². The average molecular weight is 473 g/mol. The van der Waals surface area contributed by atoms with E-state index in [9.17, 15) is 0 Å². The zero-order chi connectivity index (χ0) is 17.3. The van der Waals surface area contributed by atoms with Crippen molar-refractivity contribution in [3.05, 3.63) is 60.7 Å². The second kappa shape index (κ2) is 7.86. The number of fused-ring (bicyclic) bond motifs is 2. The molecule has 2 atom stereocenters. The number of nitrogens with zero attached hydrogens (tertiary/aromatic N) is 1. The Morgan fingerprint density at radius 3 is 2.71 bits per heavy atom. The monoisotopic (exact) mass is 470 g/mol. The number of aromatic nitrogens is 1. The van der Waals surface area contributed by atoms with Crippen LogP contribution < -0.4 is 5.73 Å². The maximum absolute atomic E-state index is 6.32. The van der Waals surface area contributed by atoms with E-state index in [0.717, 1.165) is 39.7 Å². The molecule has 1 heterocycles. The van der Waals surface area contributed by atoms with E-state index in [4.69, 9.17) is 22.3 Å². The number of pyridine rings is 1. The van der Waals surface area contributed by atoms with Crippen molar-refractivity contribution in [2.24, 2.45) is 11.7 Å². The maximum Gasteiger partial charge on any atom is 0.0514 e. The SMILES string of the molecule is CCC(CCN)C1c2ncc(Br)cc2CCc2cc(Cl)cc(Br)c21. The third-order valence-corrected chi connectivity index (χ3v) is 6.26. The van der Waals surface area contributed by atoms with Crippen LogP contribution in [0.2, 0.25) is 5.02 Å². The zero-order valence-corrected chi connectivity index (χ0v) is 17.6. The van der Waals surface area contributed by atoms with Crippen LogP contribution in [0, 0.1) is 5.92 Å². The Morgan fingerprint density at radius 1 is 1.25 bits per heavy atom. The average Bonchev–Trinajstić information content (AvgIpc) is 2.69. The van der Waals surface area contributed by atoms with Crippen LogP contribution >= 0.6 is 43.5 Å². The minimum absolute atomic E-state index is 0.255. The summed E-state index contributed by atoms with van der Waals surface area (Å²) in [6.45, 7) is 2.94. The molecule has 0 fully saturated rings. The van der Waals surface area contributed by atoms with Gasteiger partial charge in [-0.1, -0.05) is 40.9 Å². The molecule has 0 bridgehead atoms. The fourth-order valence-electron chi connectivity index (χ4n) is 3.85. The van der Waals surface area contributed by atoms with Crippen molar-refractivity contribution in [2.75, 3.05) is 6.54 Å². The lowest BCUT2D eigenvalue weighted by Gasteiger charge is -2.28. The van der Waals surface area contributed by atoms with Crippen molar-refractivity contribution >= 4 is 43.5 Å². The Kier molecular flexibility index (Phi) is 6.02. The van der Waals surface area contributed by atoms with Crippen molar-refractivity contribution in [3.63, 3.8) is 0 Å². The smallest absolute Gasteiger partial charge is 0.0514 e. The summed E-state index contributed by atoms with van der Waals surface area (Å²) in [7, 11) is 0. The molecule has 5 heteroatoms. The first-order valence-electron chi connectivity index (χ1n) is 8.37. The van der Waals surface area contributed by atoms with E-state index in [1.165, 1.54) is 22.4 Å². The Balaban J connectivity index is 2.23. The molecule has 3 rings (SSSR count). The highest BCUT2D eigenvalue weighted by Crippen LogP contribution is 2.45. The summed E-state index contributed by atoms with van der Waals surface area (Å²) < 4.78 is 2.12. The molecule has 0 aliphatic heterocycles. The molecule has 24 heavy (non-hydrogen) atoms. The van der Waals surface area contributed by atoms with E-state index in [0.29, 0.717) is 12.5 Å². The molecule has 2 nitrogen and oxygen atoms in total. The minimum Gasteiger partial charge on any atom is -0.330 e. The molecule has 128 valence electrons. The second-order valence-electron chi connectivity index (χ2n) is 6.38. The van der Waals surface area contributed by atoms with Crippen LogP contribution in [0.5, 0.6) is 0 Å². The van der Waals surface area contributed by atoms with Gasteiger partial charge in [-0.2, -0.15) is 0 Å². The van der Waals surface area contributed by atoms with E-state index in [1.54, 1.807) is 0 Å². The van der Waals surface area contributed by atoms with E-state index >= 15 is 0 Å². The molecule has 0 amide bonds. The number of rotatable bonds is 4. The van der Waals surface area contributed by atoms with Crippen LogP contribution in [-0.2, 0) is 12.8 Å². The standard InChI is InChI=1S/C19H21Br2ClN2/c1-2-11(5-6-23)18-17-12(8-15(22)9-16(17)21)3-4-13-7-14(20)10-24-19(13)18/h7-11,18H,2-6,23H2,1H3. The van der Waals surface area contributed by atoms with Crippen molar-refractivity contribution in [1.82, 2.24) is 4.98 Å². The first-order chi connectivity index (χ1) is 11.5. The summed E-state index contributed by atoms with van der Waals surface area (Å²) in [5, 5.41) is 0.784. The van der Waals surface area contributed by atoms with E-state index < -0.39 is 0 Å². The lowest BCUT2D eigenvalue weighted by Crippen LogP contribution is -2.20. The first-order valence-corrected chi connectivity index (χ1v) is 10.3. The first kappa shape index (κ1) is 18.4. The molecule has 0 spiro atoms. The quantitative estimate of drug-likeness (QED) is 0.605. The lowest BCUT2D eigenvalue weighted by atomic mass is 9.78. The highest BCUT2D eigenvalue weighted by atomic mass is 79.9. The molecule has 0 saturated heterocycles. The molecule has 2 N–H and O–H groups in total. The van der Waals surface area contributed by atoms with Gasteiger partial charge in [0.25, 0.3) is 0 Å². The van der Waals surface area contributed by atoms with Gasteiger partial charge in [-0.25, -0.2) is 0 Å². The molecular formula is C19H21Br2ClN2. The van der Waals surface area contributed by atoms with Crippen molar-refractivity contribution in [3.8, 4) is 0 Å². The summed E-state index contributed by atoms with van der Waals surface area (Å²) in [5.74, 6) is 0.725. The molecule has 1 aromatic heterocycles. The third-order valence-electron chi connectivity index (χ3n) is 4.95. The van der Waals surface area contributed by atoms with Crippen LogP contribution in [0.1, 0.15) is 48.1 Å². The highest BCUT2D eigenvalue weighted by molar-refractivity contribution is 9.10. The van der Waals surface area contributed by atoms with Crippen LogP contribution in [0.4, 0.5) is 0 Å². The van der Waals surface area contributed by atoms with Gasteiger partial charge in [0, 0.05) is 26.1 Å². The summed E-state index contributed by atoms with van der Waals surface area (Å²) in [5.41, 5.74) is 11.1. The Hall–Kier alpha value is -0.420. The number of hydrogen-bond acceptors (Lipinski definition) is 2. The highest BCUT2D eigenvalue weighted by Gasteiger charge is 2.32. The Morgan fingerprint density at radius 2 is 2.00 bits per heavy atom. The predicted octanol–water partition coefficient (Wildman–Crippen LogP) is 5.87. The van der Waals surface area contributed by atoms with Crippen LogP contribution in [0.3, 0.4) is 0 Å². The number of benzene rings is 1. The summed E-state index contributed by atoms with van der Waals surface area (Å²) in [4.78, 5) is 4.83. The Labute approximate surface area is 165 Å². The van der Waals surface area contributed by atoms with Crippen LogP contribution in [0.25, 0.3) is 0 Å². The molecule has 0 saturated carbocycles. The van der Waals surface area contributed by atoms with Crippen LogP contribution in [-0.4, -0.2) is 11.5 Å². The Bertz CT molecular complexity index is 748. The van der Waals surface area contributed by atoms with Crippen LogP contribution in [0.15, 0.2) is 33.3 Å². The summed E-state index contributed by atoms with van der Waals surface area (Å²) in [6.07, 6.45) is 5.95. The van der Waals surface area contributed by atoms with Gasteiger partial charge < -0.3 is 5.73 Å². The third kappa shape index (κ3) is 3.57. The largest absolute Gasteiger partial charge is 0.330 e. The number of nitrogens with two attached hydrogens (primary N) is 1. The van der Waals surface area contributed by atoms with Crippen molar-refractivity contribution in [2.45, 2.75) is 38.5 Å². The van der Waals surface area contributed by atoms with Gasteiger partial charge in [0.1, 0.15) is 0 Å². The number of aryl methyl sites for hydroxylation is 2. The number of hydrogen-bond donors (Lipinski definition) is 1. The molecule has 0 radical (unpaired) electrons. The fraction of sp³-hybridized carbons (Fsp3) is 0.421. The molecule has 1 aromatic carbocycles. The van der Waals surface area contributed by atoms with Gasteiger partial charge >= 0.3 is 0 Å². The second-order valence-corrected chi connectivity index (χ2v) is 8.59. The van der Waals surface area contributed by atoms with Gasteiger partial charge in [-0.15, -0.1) is 0 Å². The van der Waals surface area contributed by atoms with Crippen molar-refractivity contribution in [1.29, 1.82) is 0 Å². The molecular weight excluding hydrogens is 451 g/mol. The van der Waals surface area contributed by atoms with E-state index in [-0.39, 0.29) is 5.92 Å². The summed E-state index contributed by atoms with van der Waals surface area (Å²) in [6, 6.07) is 6.34. The van der Waals surface area contributed by atoms with E-state index in [2.05, 4.69) is 50.9 Å². The molecule has 2 aromatic rings. The zero-order valence-electron chi connectivity index (χ0n) is 13.7. The molecule has 1 aliphatic carbocycles. The van der Waals surface area contributed by atoms with Gasteiger partial charge in [-0.05, 0) is 82.5 Å². The number of halogens is 3. The fourth-order valence-corrected chi connectivity index (χ4v) is 5.35. The molecule has 1 aliphatic rings. The predicted molar refractivity (Wildman–Crippen MR) is 108 cm³/mol. The van der Waals surface area contributed by atoms with Gasteiger partial charge in [0.2, 0.25) is 0 Å². The normalized spacial score (nSPS) is 17.8. The van der Waals surface area contributed by atoms with E-state index in [1.807, 2.05) is 12.3 Å². The molecule has 2 unspecified atom stereocenters. The lowest BCUT2D eigenvalue weighted by molar-refractivity contribution is 0.418. The minimum atomic E-state index is 0.255. The maximum atomic E-state index is 6.32. The van der Waals surface area contributed by atoms with Gasteiger partial charge in [0.15, 0.2) is 0 Å². The van der Waals surface area contributed by atoms with Gasteiger partial charge in [-0.3, -0.25) is 4.98 Å². The van der Waals surface area contributed by atoms with Gasteiger partial charge in [0.05, 0.1) is 5.69 Å². The topological polar surface area (TPSA) is 38.9 Å². The summed E-state index contributed by atoms with van der Waals surface area (Å²) >= 11 is 13.7.